The Morgan fingerprint density at radius 3 is 2.75 bits per heavy atom. The molecule has 0 aliphatic rings. The van der Waals surface area contributed by atoms with E-state index >= 15 is 0 Å². The fraction of sp³-hybridized carbons (Fsp3) is 0.389. The van der Waals surface area contributed by atoms with Gasteiger partial charge in [0.05, 0.1) is 24.7 Å². The first-order valence-corrected chi connectivity index (χ1v) is 8.32. The lowest BCUT2D eigenvalue weighted by molar-refractivity contribution is 0.271. The molecule has 126 valence electrons. The maximum absolute atomic E-state index is 9.10. The van der Waals surface area contributed by atoms with Crippen LogP contribution in [0.5, 0.6) is 0 Å². The van der Waals surface area contributed by atoms with Gasteiger partial charge in [-0.05, 0) is 24.8 Å². The fourth-order valence-corrected chi connectivity index (χ4v) is 2.87. The summed E-state index contributed by atoms with van der Waals surface area (Å²) in [5.74, 6) is 0.893. The highest BCUT2D eigenvalue weighted by atomic mass is 16.3. The summed E-state index contributed by atoms with van der Waals surface area (Å²) in [5.41, 5.74) is 2.15. The zero-order valence-electron chi connectivity index (χ0n) is 14.0. The van der Waals surface area contributed by atoms with Gasteiger partial charge in [0.1, 0.15) is 12.1 Å². The van der Waals surface area contributed by atoms with Gasteiger partial charge < -0.3 is 10.0 Å². The summed E-state index contributed by atoms with van der Waals surface area (Å²) in [7, 11) is 2.05. The molecule has 0 bridgehead atoms. The number of aryl methyl sites for hydroxylation is 1. The highest BCUT2D eigenvalue weighted by Crippen LogP contribution is 2.21. The van der Waals surface area contributed by atoms with E-state index < -0.39 is 0 Å². The van der Waals surface area contributed by atoms with Crippen LogP contribution in [0.1, 0.15) is 18.4 Å². The van der Waals surface area contributed by atoms with E-state index in [1.165, 1.54) is 5.56 Å². The first-order valence-electron chi connectivity index (χ1n) is 8.32. The second-order valence-corrected chi connectivity index (χ2v) is 5.89. The third-order valence-corrected chi connectivity index (χ3v) is 4.14. The summed E-state index contributed by atoms with van der Waals surface area (Å²) < 4.78 is 1.71. The Balaban J connectivity index is 1.60. The van der Waals surface area contributed by atoms with Crippen molar-refractivity contribution in [2.24, 2.45) is 0 Å². The zero-order valence-corrected chi connectivity index (χ0v) is 14.0. The second kappa shape index (κ2) is 7.88. The van der Waals surface area contributed by atoms with Crippen molar-refractivity contribution in [1.29, 1.82) is 0 Å². The number of nitrogens with zero attached hydrogens (tertiary/aromatic N) is 5. The predicted octanol–water partition coefficient (Wildman–Crippen LogP) is 2.28. The van der Waals surface area contributed by atoms with Crippen LogP contribution in [-0.2, 0) is 13.0 Å². The van der Waals surface area contributed by atoms with Crippen LogP contribution in [0.3, 0.4) is 0 Å². The van der Waals surface area contributed by atoms with Gasteiger partial charge in [0.2, 0.25) is 0 Å². The Hall–Kier alpha value is -2.47. The average Bonchev–Trinajstić information content (AvgIpc) is 3.03. The molecule has 1 N–H and O–H groups in total. The molecule has 0 saturated heterocycles. The van der Waals surface area contributed by atoms with Crippen molar-refractivity contribution in [1.82, 2.24) is 19.7 Å². The number of fused-ring (bicyclic) bond motifs is 1. The van der Waals surface area contributed by atoms with Crippen molar-refractivity contribution in [2.45, 2.75) is 25.8 Å². The maximum atomic E-state index is 9.10. The van der Waals surface area contributed by atoms with E-state index in [0.29, 0.717) is 6.54 Å². The number of anilines is 1. The van der Waals surface area contributed by atoms with Crippen LogP contribution in [0, 0.1) is 0 Å². The molecule has 3 rings (SSSR count). The molecular formula is C18H23N5O. The van der Waals surface area contributed by atoms with Gasteiger partial charge in [0.25, 0.3) is 0 Å². The minimum Gasteiger partial charge on any atom is -0.394 e. The van der Waals surface area contributed by atoms with E-state index in [1.54, 1.807) is 17.2 Å². The van der Waals surface area contributed by atoms with Crippen LogP contribution < -0.4 is 4.90 Å². The number of benzene rings is 1. The minimum absolute atomic E-state index is 0.0471. The molecule has 1 aromatic carbocycles. The Labute approximate surface area is 141 Å². The molecule has 6 nitrogen and oxygen atoms in total. The molecule has 24 heavy (non-hydrogen) atoms. The largest absolute Gasteiger partial charge is 0.394 e. The number of unbranched alkanes of at least 4 members (excludes halogenated alkanes) is 1. The Kier molecular flexibility index (Phi) is 5.38. The molecule has 0 unspecified atom stereocenters. The second-order valence-electron chi connectivity index (χ2n) is 5.89. The molecule has 0 fully saturated rings. The lowest BCUT2D eigenvalue weighted by Gasteiger charge is -2.18. The predicted molar refractivity (Wildman–Crippen MR) is 95.1 cm³/mol. The van der Waals surface area contributed by atoms with Crippen molar-refractivity contribution in [3.05, 3.63) is 48.4 Å². The molecule has 0 amide bonds. The van der Waals surface area contributed by atoms with Crippen molar-refractivity contribution in [3.63, 3.8) is 0 Å². The van der Waals surface area contributed by atoms with E-state index in [1.807, 2.05) is 7.05 Å². The van der Waals surface area contributed by atoms with Gasteiger partial charge in [-0.25, -0.2) is 14.6 Å². The van der Waals surface area contributed by atoms with Gasteiger partial charge >= 0.3 is 0 Å². The molecule has 2 heterocycles. The summed E-state index contributed by atoms with van der Waals surface area (Å²) in [6.45, 7) is 1.43. The first-order chi connectivity index (χ1) is 11.8. The average molecular weight is 325 g/mol. The Morgan fingerprint density at radius 2 is 1.96 bits per heavy atom. The number of rotatable bonds is 8. The summed E-state index contributed by atoms with van der Waals surface area (Å²) >= 11 is 0. The molecule has 0 atom stereocenters. The molecule has 0 saturated carbocycles. The summed E-state index contributed by atoms with van der Waals surface area (Å²) in [4.78, 5) is 10.9. The quantitative estimate of drug-likeness (QED) is 0.644. The highest BCUT2D eigenvalue weighted by molar-refractivity contribution is 5.86. The first kappa shape index (κ1) is 16.4. The molecular weight excluding hydrogens is 302 g/mol. The van der Waals surface area contributed by atoms with E-state index in [2.05, 4.69) is 50.3 Å². The number of aliphatic hydroxyl groups is 1. The monoisotopic (exact) mass is 325 g/mol. The number of aliphatic hydroxyl groups excluding tert-OH is 1. The van der Waals surface area contributed by atoms with Crippen LogP contribution in [0.2, 0.25) is 0 Å². The van der Waals surface area contributed by atoms with Crippen molar-refractivity contribution < 1.29 is 5.11 Å². The van der Waals surface area contributed by atoms with Gasteiger partial charge in [-0.3, -0.25) is 0 Å². The van der Waals surface area contributed by atoms with Crippen molar-refractivity contribution >= 4 is 16.9 Å². The third kappa shape index (κ3) is 3.71. The lowest BCUT2D eigenvalue weighted by atomic mass is 10.1. The molecule has 3 aromatic rings. The van der Waals surface area contributed by atoms with E-state index in [-0.39, 0.29) is 6.61 Å². The topological polar surface area (TPSA) is 67.1 Å². The normalized spacial score (nSPS) is 11.1. The molecule has 6 heteroatoms. The molecule has 0 spiro atoms. The van der Waals surface area contributed by atoms with Crippen molar-refractivity contribution in [3.8, 4) is 0 Å². The molecule has 0 radical (unpaired) electrons. The molecule has 2 aromatic heterocycles. The standard InChI is InChI=1S/C18H23N5O/c1-22(10-6-5-9-15-7-3-2-4-8-15)17-16-13-21-23(11-12-24)18(16)20-14-19-17/h2-4,7-8,13-14,24H,5-6,9-12H2,1H3. The van der Waals surface area contributed by atoms with Crippen LogP contribution in [0.25, 0.3) is 11.0 Å². The van der Waals surface area contributed by atoms with Crippen LogP contribution >= 0.6 is 0 Å². The Bertz CT molecular complexity index is 771. The molecule has 0 aliphatic heterocycles. The van der Waals surface area contributed by atoms with E-state index in [9.17, 15) is 0 Å². The lowest BCUT2D eigenvalue weighted by Crippen LogP contribution is -2.20. The summed E-state index contributed by atoms with van der Waals surface area (Å²) in [6, 6.07) is 10.6. The summed E-state index contributed by atoms with van der Waals surface area (Å²) in [6.07, 6.45) is 6.69. The maximum Gasteiger partial charge on any atom is 0.163 e. The van der Waals surface area contributed by atoms with Crippen molar-refractivity contribution in [2.75, 3.05) is 25.1 Å². The van der Waals surface area contributed by atoms with Crippen LogP contribution in [0.4, 0.5) is 5.82 Å². The summed E-state index contributed by atoms with van der Waals surface area (Å²) in [5, 5.41) is 14.3. The fourth-order valence-electron chi connectivity index (χ4n) is 2.87. The number of hydrogen-bond donors (Lipinski definition) is 1. The molecule has 0 aliphatic carbocycles. The van der Waals surface area contributed by atoms with Gasteiger partial charge in [0.15, 0.2) is 5.65 Å². The highest BCUT2D eigenvalue weighted by Gasteiger charge is 2.12. The van der Waals surface area contributed by atoms with Gasteiger partial charge in [-0.1, -0.05) is 30.3 Å². The minimum atomic E-state index is 0.0471. The SMILES string of the molecule is CN(CCCCc1ccccc1)c1ncnc2c1cnn2CCO. The number of hydrogen-bond acceptors (Lipinski definition) is 5. The van der Waals surface area contributed by atoms with Crippen LogP contribution in [0.15, 0.2) is 42.9 Å². The van der Waals surface area contributed by atoms with E-state index in [0.717, 1.165) is 42.7 Å². The zero-order chi connectivity index (χ0) is 16.8. The van der Waals surface area contributed by atoms with Gasteiger partial charge in [0, 0.05) is 13.6 Å². The van der Waals surface area contributed by atoms with Gasteiger partial charge in [-0.15, -0.1) is 0 Å². The third-order valence-electron chi connectivity index (χ3n) is 4.14. The van der Waals surface area contributed by atoms with Crippen LogP contribution in [-0.4, -0.2) is 45.1 Å². The smallest absolute Gasteiger partial charge is 0.163 e. The van der Waals surface area contributed by atoms with E-state index in [4.69, 9.17) is 5.11 Å². The number of aromatic nitrogens is 4. The Morgan fingerprint density at radius 1 is 1.12 bits per heavy atom. The van der Waals surface area contributed by atoms with Gasteiger partial charge in [-0.2, -0.15) is 5.10 Å².